The number of rotatable bonds is 4. The van der Waals surface area contributed by atoms with Gasteiger partial charge in [0, 0.05) is 25.7 Å². The highest BCUT2D eigenvalue weighted by molar-refractivity contribution is 6.31. The molecule has 1 aromatic carbocycles. The second kappa shape index (κ2) is 8.69. The predicted octanol–water partition coefficient (Wildman–Crippen LogP) is -0.419. The molecule has 1 aliphatic heterocycles. The maximum atomic E-state index is 13.4. The number of fused-ring (bicyclic) bond motifs is 1. The normalized spacial score (nSPS) is 14.9. The number of benzene rings is 1. The number of hydrogen-bond donors (Lipinski definition) is 4. The Morgan fingerprint density at radius 3 is 2.59 bits per heavy atom. The number of anilines is 1. The maximum absolute atomic E-state index is 13.4. The maximum Gasteiger partial charge on any atom is 0.331 e. The molecule has 1 fully saturated rings. The summed E-state index contributed by atoms with van der Waals surface area (Å²) in [6.07, 6.45) is 0.898. The highest BCUT2D eigenvalue weighted by atomic mass is 35.5. The Kier molecular flexibility index (Phi) is 5.96. The molecule has 6 N–H and O–H groups in total. The average Bonchev–Trinajstić information content (AvgIpc) is 3.14. The molecule has 2 aromatic heterocycles. The van der Waals surface area contributed by atoms with Gasteiger partial charge in [0.15, 0.2) is 5.84 Å². The Morgan fingerprint density at radius 1 is 1.22 bits per heavy atom. The lowest BCUT2D eigenvalue weighted by Gasteiger charge is -2.31. The summed E-state index contributed by atoms with van der Waals surface area (Å²) in [5.41, 5.74) is 3.67. The molecule has 0 saturated carbocycles. The second-order valence-electron chi connectivity index (χ2n) is 7.68. The zero-order valence-corrected chi connectivity index (χ0v) is 18.7. The summed E-state index contributed by atoms with van der Waals surface area (Å²) in [4.78, 5) is 28.3. The SMILES string of the molecule is Cn1c(=O)c2c(c(/C(=N/N)NN)c(N3CCCNC3)n2Cc2ccccc2Cl)n(C)c1=O. The van der Waals surface area contributed by atoms with Crippen molar-refractivity contribution in [1.29, 1.82) is 0 Å². The van der Waals surface area contributed by atoms with E-state index in [1.54, 1.807) is 13.1 Å². The molecule has 0 bridgehead atoms. The highest BCUT2D eigenvalue weighted by Crippen LogP contribution is 2.33. The molecule has 32 heavy (non-hydrogen) atoms. The van der Waals surface area contributed by atoms with Gasteiger partial charge in [-0.05, 0) is 24.6 Å². The number of nitrogens with zero attached hydrogens (tertiary/aromatic N) is 5. The van der Waals surface area contributed by atoms with E-state index in [1.807, 2.05) is 22.8 Å². The van der Waals surface area contributed by atoms with E-state index >= 15 is 0 Å². The van der Waals surface area contributed by atoms with Crippen LogP contribution in [0.3, 0.4) is 0 Å². The lowest BCUT2D eigenvalue weighted by atomic mass is 10.2. The third-order valence-corrected chi connectivity index (χ3v) is 6.17. The van der Waals surface area contributed by atoms with Crippen molar-refractivity contribution in [3.63, 3.8) is 0 Å². The first-order chi connectivity index (χ1) is 15.4. The molecule has 11 nitrogen and oxygen atoms in total. The topological polar surface area (TPSA) is 141 Å². The lowest BCUT2D eigenvalue weighted by molar-refractivity contribution is 0.541. The summed E-state index contributed by atoms with van der Waals surface area (Å²) in [6, 6.07) is 7.43. The van der Waals surface area contributed by atoms with Gasteiger partial charge in [-0.15, -0.1) is 0 Å². The standard InChI is InChI=1S/C20H26ClN9O2/c1-27-15-14(17(25-22)26-23)18(29-9-5-8-24-11-29)30(10-12-6-3-4-7-13(12)21)16(15)19(31)28(2)20(27)32/h3-4,6-7,24H,5,8-11,22-23H2,1-2H3,(H,25,26). The third kappa shape index (κ3) is 3.44. The van der Waals surface area contributed by atoms with Crippen molar-refractivity contribution in [3.05, 3.63) is 61.3 Å². The van der Waals surface area contributed by atoms with Gasteiger partial charge in [0.05, 0.1) is 24.3 Å². The van der Waals surface area contributed by atoms with Crippen LogP contribution in [0.15, 0.2) is 39.0 Å². The third-order valence-electron chi connectivity index (χ3n) is 5.80. The van der Waals surface area contributed by atoms with E-state index in [-0.39, 0.29) is 5.84 Å². The first kappa shape index (κ1) is 21.9. The molecule has 0 aliphatic carbocycles. The molecule has 3 aromatic rings. The molecular formula is C20H26ClN9O2. The van der Waals surface area contributed by atoms with E-state index in [0.717, 1.165) is 29.6 Å². The number of amidine groups is 1. The molecule has 170 valence electrons. The van der Waals surface area contributed by atoms with Crippen LogP contribution in [-0.4, -0.2) is 39.3 Å². The molecule has 0 unspecified atom stereocenters. The van der Waals surface area contributed by atoms with Gasteiger partial charge in [0.25, 0.3) is 5.56 Å². The summed E-state index contributed by atoms with van der Waals surface area (Å²) < 4.78 is 4.37. The average molecular weight is 460 g/mol. The Bertz CT molecular complexity index is 1320. The van der Waals surface area contributed by atoms with Crippen LogP contribution in [0.2, 0.25) is 5.02 Å². The van der Waals surface area contributed by atoms with Gasteiger partial charge in [-0.25, -0.2) is 10.6 Å². The van der Waals surface area contributed by atoms with Crippen molar-refractivity contribution in [2.24, 2.45) is 30.9 Å². The number of nitrogens with two attached hydrogens (primary N) is 2. The number of hydrogen-bond acceptors (Lipinski definition) is 7. The van der Waals surface area contributed by atoms with E-state index in [4.69, 9.17) is 23.3 Å². The fourth-order valence-corrected chi connectivity index (χ4v) is 4.44. The van der Waals surface area contributed by atoms with Crippen LogP contribution in [0, 0.1) is 0 Å². The van der Waals surface area contributed by atoms with Gasteiger partial charge in [0.2, 0.25) is 0 Å². The molecule has 0 spiro atoms. The smallest absolute Gasteiger partial charge is 0.331 e. The van der Waals surface area contributed by atoms with Gasteiger partial charge in [-0.3, -0.25) is 19.2 Å². The van der Waals surface area contributed by atoms with Gasteiger partial charge in [-0.1, -0.05) is 29.8 Å². The Labute approximate surface area is 188 Å². The van der Waals surface area contributed by atoms with Gasteiger partial charge in [0.1, 0.15) is 11.3 Å². The zero-order valence-electron chi connectivity index (χ0n) is 17.9. The van der Waals surface area contributed by atoms with E-state index in [9.17, 15) is 9.59 Å². The summed E-state index contributed by atoms with van der Waals surface area (Å²) in [6.45, 7) is 2.46. The first-order valence-corrected chi connectivity index (χ1v) is 10.5. The first-order valence-electron chi connectivity index (χ1n) is 10.2. The predicted molar refractivity (Wildman–Crippen MR) is 126 cm³/mol. The molecule has 1 aliphatic rings. The number of halogens is 1. The van der Waals surface area contributed by atoms with Gasteiger partial charge < -0.3 is 20.7 Å². The van der Waals surface area contributed by atoms with Crippen molar-refractivity contribution in [1.82, 2.24) is 24.4 Å². The van der Waals surface area contributed by atoms with E-state index in [2.05, 4.69) is 20.7 Å². The van der Waals surface area contributed by atoms with Crippen LogP contribution in [0.5, 0.6) is 0 Å². The minimum atomic E-state index is -0.463. The minimum Gasteiger partial charge on any atom is -0.344 e. The quantitative estimate of drug-likeness (QED) is 0.180. The number of nitrogens with one attached hydrogen (secondary N) is 2. The van der Waals surface area contributed by atoms with E-state index in [1.165, 1.54) is 11.6 Å². The molecule has 3 heterocycles. The van der Waals surface area contributed by atoms with Crippen molar-refractivity contribution in [2.45, 2.75) is 13.0 Å². The lowest BCUT2D eigenvalue weighted by Crippen LogP contribution is -2.44. The molecule has 4 rings (SSSR count). The van der Waals surface area contributed by atoms with Crippen molar-refractivity contribution in [3.8, 4) is 0 Å². The number of aromatic nitrogens is 3. The Balaban J connectivity index is 2.17. The summed E-state index contributed by atoms with van der Waals surface area (Å²) in [7, 11) is 3.06. The van der Waals surface area contributed by atoms with Crippen LogP contribution in [0.25, 0.3) is 11.0 Å². The van der Waals surface area contributed by atoms with Gasteiger partial charge in [-0.2, -0.15) is 5.10 Å². The molecule has 0 atom stereocenters. The second-order valence-corrected chi connectivity index (χ2v) is 8.08. The molecular weight excluding hydrogens is 434 g/mol. The number of hydrazine groups is 1. The summed E-state index contributed by atoms with van der Waals surface area (Å²) in [5, 5.41) is 7.73. The molecule has 12 heteroatoms. The van der Waals surface area contributed by atoms with Crippen LogP contribution < -0.4 is 38.6 Å². The summed E-state index contributed by atoms with van der Waals surface area (Å²) >= 11 is 6.46. The van der Waals surface area contributed by atoms with Crippen LogP contribution in [0.4, 0.5) is 5.82 Å². The molecule has 0 radical (unpaired) electrons. The monoisotopic (exact) mass is 459 g/mol. The van der Waals surface area contributed by atoms with Crippen LogP contribution in [0.1, 0.15) is 17.5 Å². The van der Waals surface area contributed by atoms with E-state index in [0.29, 0.717) is 40.7 Å². The fourth-order valence-electron chi connectivity index (χ4n) is 4.24. The summed E-state index contributed by atoms with van der Waals surface area (Å²) in [5.74, 6) is 12.2. The van der Waals surface area contributed by atoms with Crippen LogP contribution in [-0.2, 0) is 20.6 Å². The van der Waals surface area contributed by atoms with Crippen molar-refractivity contribution < 1.29 is 0 Å². The number of aryl methyl sites for hydroxylation is 1. The van der Waals surface area contributed by atoms with Crippen molar-refractivity contribution in [2.75, 3.05) is 24.7 Å². The fraction of sp³-hybridized carbons (Fsp3) is 0.350. The van der Waals surface area contributed by atoms with E-state index < -0.39 is 11.2 Å². The van der Waals surface area contributed by atoms with Crippen molar-refractivity contribution >= 4 is 34.3 Å². The number of hydrazone groups is 1. The largest absolute Gasteiger partial charge is 0.344 e. The van der Waals surface area contributed by atoms with Gasteiger partial charge >= 0.3 is 5.69 Å². The van der Waals surface area contributed by atoms with Crippen LogP contribution >= 0.6 is 11.6 Å². The Hall–Kier alpha value is -3.28. The zero-order chi connectivity index (χ0) is 23.0. The highest BCUT2D eigenvalue weighted by Gasteiger charge is 2.30. The minimum absolute atomic E-state index is 0.164. The Morgan fingerprint density at radius 2 is 1.97 bits per heavy atom. The molecule has 1 saturated heterocycles. The molecule has 0 amide bonds.